The zero-order valence-electron chi connectivity index (χ0n) is 24.7. The van der Waals surface area contributed by atoms with Gasteiger partial charge in [-0.25, -0.2) is 0 Å². The number of unbranched alkanes of at least 4 members (excludes halogenated alkanes) is 10. The highest BCUT2D eigenvalue weighted by Gasteiger charge is 2.14. The highest BCUT2D eigenvalue weighted by atomic mass is 16.5. The summed E-state index contributed by atoms with van der Waals surface area (Å²) in [6.07, 6.45) is 38.4. The Balaban J connectivity index is 4.15. The molecule has 0 radical (unpaired) electrons. The van der Waals surface area contributed by atoms with Gasteiger partial charge in [0, 0.05) is 12.8 Å². The third-order valence-electron chi connectivity index (χ3n) is 6.57. The van der Waals surface area contributed by atoms with Gasteiger partial charge >= 0.3 is 11.9 Å². The summed E-state index contributed by atoms with van der Waals surface area (Å²) in [5.41, 5.74) is 0. The summed E-state index contributed by atoms with van der Waals surface area (Å²) in [5, 5.41) is 8.75. The molecule has 1 unspecified atom stereocenters. The van der Waals surface area contributed by atoms with Gasteiger partial charge in [-0.15, -0.1) is 0 Å². The van der Waals surface area contributed by atoms with Gasteiger partial charge < -0.3 is 9.84 Å². The van der Waals surface area contributed by atoms with Gasteiger partial charge in [0.25, 0.3) is 0 Å². The molecule has 4 heteroatoms. The second kappa shape index (κ2) is 29.5. The summed E-state index contributed by atoms with van der Waals surface area (Å²) in [7, 11) is 0. The van der Waals surface area contributed by atoms with E-state index in [1.54, 1.807) is 0 Å². The molecule has 0 aliphatic heterocycles. The average molecular weight is 531 g/mol. The minimum Gasteiger partial charge on any atom is -0.481 e. The Hall–Kier alpha value is -2.10. The molecule has 218 valence electrons. The van der Waals surface area contributed by atoms with Crippen LogP contribution in [0.25, 0.3) is 0 Å². The van der Waals surface area contributed by atoms with Crippen molar-refractivity contribution in [1.82, 2.24) is 0 Å². The molecule has 0 aromatic heterocycles. The molecule has 0 saturated carbocycles. The number of carboxylic acids is 1. The van der Waals surface area contributed by atoms with Crippen LogP contribution in [-0.4, -0.2) is 23.1 Å². The number of carbonyl (C=O) groups is 2. The predicted molar refractivity (Wildman–Crippen MR) is 162 cm³/mol. The first-order chi connectivity index (χ1) is 18.6. The molecular formula is C34H58O4. The standard InChI is InChI=1S/C34H58O4/c1-3-5-7-9-10-11-12-13-14-15-16-17-18-21-24-28-32(29-25-22-19-23-26-30-33(35)36)38-34(37)31-27-20-8-6-4-2/h5,7,10-11,13-14,16-17,32H,3-4,6,8-9,12,15,18-31H2,1-2H3,(H,35,36)/b7-5-,11-10-,14-13-,17-16-. The van der Waals surface area contributed by atoms with Crippen molar-refractivity contribution in [1.29, 1.82) is 0 Å². The SMILES string of the molecule is CC/C=C\C/C=C\C/C=C\C/C=C\CCCCC(CCCCCCCC(=O)O)OC(=O)CCCCCCC. The molecule has 0 saturated heterocycles. The Labute approximate surface area is 234 Å². The van der Waals surface area contributed by atoms with E-state index in [0.717, 1.165) is 103 Å². The summed E-state index contributed by atoms with van der Waals surface area (Å²) in [6, 6.07) is 0. The topological polar surface area (TPSA) is 63.6 Å². The quantitative estimate of drug-likeness (QED) is 0.0651. The molecule has 0 aliphatic rings. The first-order valence-corrected chi connectivity index (χ1v) is 15.6. The lowest BCUT2D eigenvalue weighted by Crippen LogP contribution is -2.18. The molecule has 0 aliphatic carbocycles. The van der Waals surface area contributed by atoms with Crippen LogP contribution in [0.2, 0.25) is 0 Å². The summed E-state index contributed by atoms with van der Waals surface area (Å²) in [6.45, 7) is 4.35. The number of carbonyl (C=O) groups excluding carboxylic acids is 1. The van der Waals surface area contributed by atoms with Crippen molar-refractivity contribution in [2.24, 2.45) is 0 Å². The maximum atomic E-state index is 12.4. The summed E-state index contributed by atoms with van der Waals surface area (Å²) in [4.78, 5) is 23.0. The number of esters is 1. The lowest BCUT2D eigenvalue weighted by molar-refractivity contribution is -0.150. The van der Waals surface area contributed by atoms with Gasteiger partial charge in [-0.05, 0) is 77.0 Å². The number of hydrogen-bond donors (Lipinski definition) is 1. The van der Waals surface area contributed by atoms with Crippen molar-refractivity contribution >= 4 is 11.9 Å². The van der Waals surface area contributed by atoms with Gasteiger partial charge in [-0.1, -0.05) is 107 Å². The lowest BCUT2D eigenvalue weighted by Gasteiger charge is -2.18. The predicted octanol–water partition coefficient (Wildman–Crippen LogP) is 10.4. The van der Waals surface area contributed by atoms with E-state index in [2.05, 4.69) is 62.5 Å². The molecule has 0 amide bonds. The fraction of sp³-hybridized carbons (Fsp3) is 0.706. The summed E-state index contributed by atoms with van der Waals surface area (Å²) >= 11 is 0. The maximum Gasteiger partial charge on any atom is 0.306 e. The lowest BCUT2D eigenvalue weighted by atomic mass is 10.0. The van der Waals surface area contributed by atoms with Gasteiger partial charge in [0.05, 0.1) is 0 Å². The van der Waals surface area contributed by atoms with E-state index in [4.69, 9.17) is 9.84 Å². The maximum absolute atomic E-state index is 12.4. The highest BCUT2D eigenvalue weighted by molar-refractivity contribution is 5.69. The molecule has 0 aromatic carbocycles. The van der Waals surface area contributed by atoms with E-state index in [1.807, 2.05) is 0 Å². The second-order valence-corrected chi connectivity index (χ2v) is 10.3. The number of allylic oxidation sites excluding steroid dienone is 8. The minimum absolute atomic E-state index is 0.0228. The van der Waals surface area contributed by atoms with E-state index in [-0.39, 0.29) is 18.5 Å². The van der Waals surface area contributed by atoms with Crippen LogP contribution in [0.4, 0.5) is 0 Å². The van der Waals surface area contributed by atoms with Crippen molar-refractivity contribution < 1.29 is 19.4 Å². The molecule has 0 fully saturated rings. The molecule has 0 spiro atoms. The molecule has 1 N–H and O–H groups in total. The van der Waals surface area contributed by atoms with Gasteiger partial charge in [0.15, 0.2) is 0 Å². The van der Waals surface area contributed by atoms with Crippen LogP contribution < -0.4 is 0 Å². The zero-order valence-corrected chi connectivity index (χ0v) is 24.7. The molecule has 1 atom stereocenters. The Morgan fingerprint density at radius 1 is 0.605 bits per heavy atom. The Bertz CT molecular complexity index is 659. The summed E-state index contributed by atoms with van der Waals surface area (Å²) < 4.78 is 5.88. The fourth-order valence-electron chi connectivity index (χ4n) is 4.29. The van der Waals surface area contributed by atoms with E-state index < -0.39 is 5.97 Å². The molecule has 0 rings (SSSR count). The van der Waals surface area contributed by atoms with Gasteiger partial charge in [0.1, 0.15) is 6.10 Å². The van der Waals surface area contributed by atoms with Crippen molar-refractivity contribution in [3.63, 3.8) is 0 Å². The van der Waals surface area contributed by atoms with Crippen LogP contribution in [0.3, 0.4) is 0 Å². The van der Waals surface area contributed by atoms with Crippen molar-refractivity contribution in [2.75, 3.05) is 0 Å². The van der Waals surface area contributed by atoms with E-state index >= 15 is 0 Å². The third kappa shape index (κ3) is 28.5. The number of ether oxygens (including phenoxy) is 1. The molecule has 0 aromatic rings. The van der Waals surface area contributed by atoms with Gasteiger partial charge in [0.2, 0.25) is 0 Å². The number of carboxylic acid groups (broad SMARTS) is 1. The molecular weight excluding hydrogens is 472 g/mol. The van der Waals surface area contributed by atoms with E-state index in [0.29, 0.717) is 6.42 Å². The average Bonchev–Trinajstić information content (AvgIpc) is 2.89. The van der Waals surface area contributed by atoms with Crippen LogP contribution >= 0.6 is 0 Å². The summed E-state index contributed by atoms with van der Waals surface area (Å²) in [5.74, 6) is -0.746. The zero-order chi connectivity index (χ0) is 27.9. The van der Waals surface area contributed by atoms with E-state index in [1.165, 1.54) is 19.3 Å². The minimum atomic E-state index is -0.711. The van der Waals surface area contributed by atoms with Gasteiger partial charge in [-0.3, -0.25) is 9.59 Å². The van der Waals surface area contributed by atoms with Crippen molar-refractivity contribution in [3.8, 4) is 0 Å². The van der Waals surface area contributed by atoms with Crippen LogP contribution in [-0.2, 0) is 14.3 Å². The Kier molecular flexibility index (Phi) is 27.8. The highest BCUT2D eigenvalue weighted by Crippen LogP contribution is 2.17. The smallest absolute Gasteiger partial charge is 0.306 e. The number of hydrogen-bond acceptors (Lipinski definition) is 3. The molecule has 4 nitrogen and oxygen atoms in total. The Morgan fingerprint density at radius 2 is 1.11 bits per heavy atom. The van der Waals surface area contributed by atoms with Crippen LogP contribution in [0.1, 0.15) is 149 Å². The molecule has 0 heterocycles. The van der Waals surface area contributed by atoms with Crippen LogP contribution in [0.15, 0.2) is 48.6 Å². The van der Waals surface area contributed by atoms with Gasteiger partial charge in [-0.2, -0.15) is 0 Å². The molecule has 0 bridgehead atoms. The molecule has 38 heavy (non-hydrogen) atoms. The fourth-order valence-corrected chi connectivity index (χ4v) is 4.29. The monoisotopic (exact) mass is 530 g/mol. The second-order valence-electron chi connectivity index (χ2n) is 10.3. The normalized spacial score (nSPS) is 12.9. The third-order valence-corrected chi connectivity index (χ3v) is 6.57. The van der Waals surface area contributed by atoms with Crippen LogP contribution in [0.5, 0.6) is 0 Å². The first-order valence-electron chi connectivity index (χ1n) is 15.6. The number of rotatable bonds is 27. The van der Waals surface area contributed by atoms with Crippen molar-refractivity contribution in [2.45, 2.75) is 155 Å². The largest absolute Gasteiger partial charge is 0.481 e. The number of aliphatic carboxylic acids is 1. The first kappa shape index (κ1) is 35.9. The van der Waals surface area contributed by atoms with Crippen LogP contribution in [0, 0.1) is 0 Å². The Morgan fingerprint density at radius 3 is 1.71 bits per heavy atom. The van der Waals surface area contributed by atoms with Crippen molar-refractivity contribution in [3.05, 3.63) is 48.6 Å². The van der Waals surface area contributed by atoms with E-state index in [9.17, 15) is 9.59 Å².